The highest BCUT2D eigenvalue weighted by molar-refractivity contribution is 5.91. The highest BCUT2D eigenvalue weighted by Crippen LogP contribution is 2.34. The molecule has 4 rings (SSSR count). The van der Waals surface area contributed by atoms with Crippen molar-refractivity contribution in [2.75, 3.05) is 33.8 Å². The third-order valence-electron chi connectivity index (χ3n) is 10.8. The van der Waals surface area contributed by atoms with Crippen LogP contribution < -0.4 is 5.32 Å². The maximum absolute atomic E-state index is 13.6. The van der Waals surface area contributed by atoms with Gasteiger partial charge < -0.3 is 44.9 Å². The molecule has 0 amide bonds. The minimum absolute atomic E-state index is 0.1000. The first kappa shape index (κ1) is 44.3. The zero-order valence-corrected chi connectivity index (χ0v) is 33.3. The van der Waals surface area contributed by atoms with E-state index in [1.165, 1.54) is 6.08 Å². The summed E-state index contributed by atoms with van der Waals surface area (Å²) in [5, 5.41) is 56.1. The van der Waals surface area contributed by atoms with Gasteiger partial charge in [-0.15, -0.1) is 5.10 Å². The second kappa shape index (κ2) is 21.2. The standard InChI is InChI=1S/C40H62N6O9/c1-8-34-29(23-47)19-24(2)12-13-32(48)25(3)20-28(14-16-41-17-18-46-22-31(43-44-46)30-11-9-10-15-42-30)39(26(4)33(49)21-35(50)54-34)55-40-38(52)36(45(6)7)37(51)27(5)53-40/h9-13,15,19,22,25-29,33-34,36-41,47,49,51-52H,8,14,16-18,20-21,23H2,1-7H3/b13-12+,24-19+/t25-,26+,27-,28+,29-,33-,34-,36?,37?,38?,39-,40+/m1/s1. The number of nitrogens with one attached hydrogen (secondary N) is 1. The first-order chi connectivity index (χ1) is 26.2. The molecule has 2 aromatic heterocycles. The van der Waals surface area contributed by atoms with Crippen LogP contribution in [-0.4, -0.2) is 140 Å². The van der Waals surface area contributed by atoms with E-state index in [0.717, 1.165) is 11.3 Å². The van der Waals surface area contributed by atoms with Crippen LogP contribution in [0.4, 0.5) is 0 Å². The van der Waals surface area contributed by atoms with E-state index in [4.69, 9.17) is 14.2 Å². The van der Waals surface area contributed by atoms with E-state index in [1.54, 1.807) is 55.9 Å². The molecule has 2 aliphatic heterocycles. The molecule has 15 nitrogen and oxygen atoms in total. The van der Waals surface area contributed by atoms with Crippen LogP contribution >= 0.6 is 0 Å². The van der Waals surface area contributed by atoms with Gasteiger partial charge in [0.05, 0.1) is 61.9 Å². The smallest absolute Gasteiger partial charge is 0.308 e. The van der Waals surface area contributed by atoms with Crippen molar-refractivity contribution in [2.24, 2.45) is 23.7 Å². The average Bonchev–Trinajstić information content (AvgIpc) is 3.64. The lowest BCUT2D eigenvalue weighted by Crippen LogP contribution is -2.63. The Kier molecular flexibility index (Phi) is 17.1. The van der Waals surface area contributed by atoms with E-state index in [-0.39, 0.29) is 24.7 Å². The minimum atomic E-state index is -1.24. The topological polar surface area (TPSA) is 202 Å². The number of ketones is 1. The number of allylic oxidation sites excluding steroid dienone is 3. The normalized spacial score (nSPS) is 34.6. The molecule has 1 fully saturated rings. The van der Waals surface area contributed by atoms with Crippen LogP contribution in [0, 0.1) is 23.7 Å². The molecule has 55 heavy (non-hydrogen) atoms. The molecule has 5 N–H and O–H groups in total. The second-order valence-electron chi connectivity index (χ2n) is 15.3. The summed E-state index contributed by atoms with van der Waals surface area (Å²) < 4.78 is 20.3. The van der Waals surface area contributed by atoms with Crippen molar-refractivity contribution in [2.45, 2.75) is 116 Å². The van der Waals surface area contributed by atoms with Crippen molar-refractivity contribution in [1.82, 2.24) is 30.2 Å². The Bertz CT molecular complexity index is 1550. The summed E-state index contributed by atoms with van der Waals surface area (Å²) in [6, 6.07) is 4.91. The van der Waals surface area contributed by atoms with Crippen LogP contribution in [0.15, 0.2) is 54.4 Å². The predicted molar refractivity (Wildman–Crippen MR) is 205 cm³/mol. The van der Waals surface area contributed by atoms with Crippen molar-refractivity contribution < 1.29 is 44.2 Å². The van der Waals surface area contributed by atoms with Crippen LogP contribution in [-0.2, 0) is 30.3 Å². The Hall–Kier alpha value is -3.41. The molecular weight excluding hydrogens is 708 g/mol. The summed E-state index contributed by atoms with van der Waals surface area (Å²) in [5.74, 6) is -2.71. The number of hydrogen-bond donors (Lipinski definition) is 5. The molecule has 0 spiro atoms. The number of aliphatic hydroxyl groups is 4. The average molecular weight is 771 g/mol. The number of rotatable bonds is 12. The largest absolute Gasteiger partial charge is 0.462 e. The number of hydrogen-bond acceptors (Lipinski definition) is 14. The molecule has 15 heteroatoms. The number of aromatic nitrogens is 4. The van der Waals surface area contributed by atoms with Crippen molar-refractivity contribution in [3.63, 3.8) is 0 Å². The minimum Gasteiger partial charge on any atom is -0.462 e. The fraction of sp³-hybridized carbons (Fsp3) is 0.675. The van der Waals surface area contributed by atoms with Gasteiger partial charge in [0, 0.05) is 30.5 Å². The van der Waals surface area contributed by atoms with Crippen molar-refractivity contribution >= 4 is 11.8 Å². The molecule has 0 aromatic carbocycles. The number of pyridine rings is 1. The van der Waals surface area contributed by atoms with Gasteiger partial charge in [-0.3, -0.25) is 19.3 Å². The van der Waals surface area contributed by atoms with Gasteiger partial charge in [-0.2, -0.15) is 0 Å². The number of esters is 1. The monoisotopic (exact) mass is 770 g/mol. The Labute approximate surface area is 324 Å². The van der Waals surface area contributed by atoms with Gasteiger partial charge >= 0.3 is 5.97 Å². The molecule has 2 aliphatic rings. The summed E-state index contributed by atoms with van der Waals surface area (Å²) in [4.78, 5) is 32.9. The zero-order valence-electron chi connectivity index (χ0n) is 33.3. The molecule has 12 atom stereocenters. The Morgan fingerprint density at radius 2 is 1.82 bits per heavy atom. The summed E-state index contributed by atoms with van der Waals surface area (Å²) in [6.07, 6.45) is 2.82. The lowest BCUT2D eigenvalue weighted by molar-refractivity contribution is -0.304. The fourth-order valence-corrected chi connectivity index (χ4v) is 7.50. The van der Waals surface area contributed by atoms with E-state index in [1.807, 2.05) is 45.2 Å². The molecule has 4 heterocycles. The summed E-state index contributed by atoms with van der Waals surface area (Å²) in [7, 11) is 3.51. The molecule has 0 saturated carbocycles. The van der Waals surface area contributed by atoms with Gasteiger partial charge in [0.2, 0.25) is 0 Å². The zero-order chi connectivity index (χ0) is 40.2. The number of carbonyl (C=O) groups excluding carboxylic acids is 2. The number of aliphatic hydroxyl groups excluding tert-OH is 4. The number of likely N-dealkylation sites (N-methyl/N-ethyl adjacent to an activating group) is 1. The lowest BCUT2D eigenvalue weighted by atomic mass is 9.79. The number of nitrogens with zero attached hydrogens (tertiary/aromatic N) is 5. The van der Waals surface area contributed by atoms with Crippen LogP contribution in [0.1, 0.15) is 60.3 Å². The highest BCUT2D eigenvalue weighted by Gasteiger charge is 2.47. The number of carbonyl (C=O) groups is 2. The molecule has 0 bridgehead atoms. The second-order valence-corrected chi connectivity index (χ2v) is 15.3. The lowest BCUT2D eigenvalue weighted by Gasteiger charge is -2.46. The molecule has 2 aromatic rings. The first-order valence-electron chi connectivity index (χ1n) is 19.5. The molecule has 306 valence electrons. The van der Waals surface area contributed by atoms with Crippen LogP contribution in [0.3, 0.4) is 0 Å². The van der Waals surface area contributed by atoms with Gasteiger partial charge in [-0.05, 0) is 77.9 Å². The molecular formula is C40H62N6O9. The maximum atomic E-state index is 13.6. The third kappa shape index (κ3) is 12.3. The van der Waals surface area contributed by atoms with Crippen molar-refractivity contribution in [3.8, 4) is 11.4 Å². The number of cyclic esters (lactones) is 1. The van der Waals surface area contributed by atoms with Crippen LogP contribution in [0.25, 0.3) is 11.4 Å². The Morgan fingerprint density at radius 1 is 1.05 bits per heavy atom. The van der Waals surface area contributed by atoms with Crippen LogP contribution in [0.2, 0.25) is 0 Å². The van der Waals surface area contributed by atoms with Crippen molar-refractivity contribution in [3.05, 3.63) is 54.4 Å². The molecule has 0 radical (unpaired) electrons. The van der Waals surface area contributed by atoms with E-state index < -0.39 is 72.7 Å². The predicted octanol–water partition coefficient (Wildman–Crippen LogP) is 2.15. The van der Waals surface area contributed by atoms with Gasteiger partial charge in [-0.25, -0.2) is 0 Å². The Morgan fingerprint density at radius 3 is 2.49 bits per heavy atom. The van der Waals surface area contributed by atoms with E-state index in [0.29, 0.717) is 44.6 Å². The van der Waals surface area contributed by atoms with E-state index in [9.17, 15) is 30.0 Å². The SMILES string of the molecule is CC[C@H]1OC(=O)C[C@@H](O)[C@H](C)[C@@H](O[C@@H]2O[C@H](C)C(O)C(N(C)C)C2O)[C@@H](CCNCCn2cc(-c3ccccn3)nn2)C[C@@H](C)C(=O)/C=C/C(C)=C/[C@@H]1CO. The first-order valence-corrected chi connectivity index (χ1v) is 19.5. The van der Waals surface area contributed by atoms with Gasteiger partial charge in [-0.1, -0.05) is 49.8 Å². The maximum Gasteiger partial charge on any atom is 0.308 e. The molecule has 3 unspecified atom stereocenters. The Balaban J connectivity index is 1.61. The molecule has 0 aliphatic carbocycles. The molecule has 1 saturated heterocycles. The van der Waals surface area contributed by atoms with Crippen LogP contribution in [0.5, 0.6) is 0 Å². The number of ether oxygens (including phenoxy) is 3. The summed E-state index contributed by atoms with van der Waals surface area (Å²) >= 11 is 0. The summed E-state index contributed by atoms with van der Waals surface area (Å²) in [5.41, 5.74) is 2.14. The summed E-state index contributed by atoms with van der Waals surface area (Å²) in [6.45, 7) is 10.4. The fourth-order valence-electron chi connectivity index (χ4n) is 7.50. The van der Waals surface area contributed by atoms with E-state index in [2.05, 4.69) is 20.6 Å². The van der Waals surface area contributed by atoms with E-state index >= 15 is 0 Å². The quantitative estimate of drug-likeness (QED) is 0.155. The van der Waals surface area contributed by atoms with Gasteiger partial charge in [0.25, 0.3) is 0 Å². The van der Waals surface area contributed by atoms with Gasteiger partial charge in [0.15, 0.2) is 12.1 Å². The third-order valence-corrected chi connectivity index (χ3v) is 10.8. The van der Waals surface area contributed by atoms with Crippen molar-refractivity contribution in [1.29, 1.82) is 0 Å². The van der Waals surface area contributed by atoms with Gasteiger partial charge in [0.1, 0.15) is 17.9 Å². The highest BCUT2D eigenvalue weighted by atomic mass is 16.7.